The monoisotopic (exact) mass is 310 g/mol. The number of carbonyl (C=O) groups excluding carboxylic acids is 1. The zero-order valence-corrected chi connectivity index (χ0v) is 13.4. The Bertz CT molecular complexity index is 697. The Kier molecular flexibility index (Phi) is 3.63. The van der Waals surface area contributed by atoms with Crippen LogP contribution in [-0.4, -0.2) is 38.7 Å². The minimum absolute atomic E-state index is 0.172. The lowest BCUT2D eigenvalue weighted by molar-refractivity contribution is -0.134. The van der Waals surface area contributed by atoms with Crippen molar-refractivity contribution in [3.8, 4) is 0 Å². The molecule has 4 rings (SSSR count). The van der Waals surface area contributed by atoms with E-state index in [9.17, 15) is 4.79 Å². The molecular formula is C18H22N4O. The second-order valence-corrected chi connectivity index (χ2v) is 6.82. The number of hydrogen-bond donors (Lipinski definition) is 0. The van der Waals surface area contributed by atoms with Crippen molar-refractivity contribution in [3.63, 3.8) is 0 Å². The highest BCUT2D eigenvalue weighted by atomic mass is 16.2. The molecule has 23 heavy (non-hydrogen) atoms. The van der Waals surface area contributed by atoms with E-state index in [1.54, 1.807) is 12.7 Å². The van der Waals surface area contributed by atoms with Crippen LogP contribution in [-0.2, 0) is 4.79 Å². The molecule has 2 fully saturated rings. The second kappa shape index (κ2) is 5.80. The van der Waals surface area contributed by atoms with Crippen LogP contribution < -0.4 is 0 Å². The first-order valence-electron chi connectivity index (χ1n) is 8.42. The fourth-order valence-corrected chi connectivity index (χ4v) is 3.75. The fourth-order valence-electron chi connectivity index (χ4n) is 3.75. The van der Waals surface area contributed by atoms with Crippen LogP contribution >= 0.6 is 0 Å². The van der Waals surface area contributed by atoms with Gasteiger partial charge in [-0.2, -0.15) is 5.10 Å². The Morgan fingerprint density at radius 2 is 2.26 bits per heavy atom. The maximum absolute atomic E-state index is 12.8. The summed E-state index contributed by atoms with van der Waals surface area (Å²) in [5.74, 6) is 0.904. The molecule has 3 unspecified atom stereocenters. The molecule has 1 saturated heterocycles. The van der Waals surface area contributed by atoms with Gasteiger partial charge in [0.1, 0.15) is 12.7 Å². The van der Waals surface area contributed by atoms with Gasteiger partial charge in [-0.25, -0.2) is 9.67 Å². The van der Waals surface area contributed by atoms with E-state index in [2.05, 4.69) is 41.3 Å². The summed E-state index contributed by atoms with van der Waals surface area (Å²) < 4.78 is 1.89. The third kappa shape index (κ3) is 2.87. The average molecular weight is 310 g/mol. The van der Waals surface area contributed by atoms with Crippen LogP contribution in [0.2, 0.25) is 0 Å². The lowest BCUT2D eigenvalue weighted by Gasteiger charge is -2.32. The molecule has 1 amide bonds. The van der Waals surface area contributed by atoms with Crippen LogP contribution in [0.15, 0.2) is 36.9 Å². The van der Waals surface area contributed by atoms with Crippen molar-refractivity contribution in [2.75, 3.05) is 13.1 Å². The Morgan fingerprint density at radius 3 is 3.04 bits per heavy atom. The Hall–Kier alpha value is -2.17. The summed E-state index contributed by atoms with van der Waals surface area (Å²) in [5, 5.41) is 4.23. The van der Waals surface area contributed by atoms with Gasteiger partial charge in [0.05, 0.1) is 6.04 Å². The van der Waals surface area contributed by atoms with Gasteiger partial charge in [-0.1, -0.05) is 29.8 Å². The van der Waals surface area contributed by atoms with E-state index in [0.29, 0.717) is 11.8 Å². The lowest BCUT2D eigenvalue weighted by Crippen LogP contribution is -2.41. The summed E-state index contributed by atoms with van der Waals surface area (Å²) in [6, 6.07) is 8.83. The molecule has 5 nitrogen and oxygen atoms in total. The first-order valence-corrected chi connectivity index (χ1v) is 8.42. The normalized spacial score (nSPS) is 27.0. The Labute approximate surface area is 136 Å². The molecular weight excluding hydrogens is 288 g/mol. The van der Waals surface area contributed by atoms with E-state index < -0.39 is 0 Å². The molecule has 3 atom stereocenters. The maximum atomic E-state index is 12.8. The number of likely N-dealkylation sites (tertiary alicyclic amines) is 1. The van der Waals surface area contributed by atoms with E-state index in [1.165, 1.54) is 11.1 Å². The summed E-state index contributed by atoms with van der Waals surface area (Å²) in [4.78, 5) is 18.9. The number of amides is 1. The molecule has 2 heterocycles. The zero-order valence-electron chi connectivity index (χ0n) is 13.4. The Balaban J connectivity index is 1.42. The van der Waals surface area contributed by atoms with Crippen molar-refractivity contribution >= 4 is 5.91 Å². The molecule has 0 N–H and O–H groups in total. The van der Waals surface area contributed by atoms with E-state index in [-0.39, 0.29) is 12.0 Å². The molecule has 2 aromatic rings. The van der Waals surface area contributed by atoms with Gasteiger partial charge in [0.15, 0.2) is 0 Å². The van der Waals surface area contributed by atoms with Crippen molar-refractivity contribution in [2.45, 2.75) is 38.1 Å². The van der Waals surface area contributed by atoms with Crippen molar-refractivity contribution in [1.82, 2.24) is 19.7 Å². The first kappa shape index (κ1) is 14.4. The second-order valence-electron chi connectivity index (χ2n) is 6.82. The molecule has 120 valence electrons. The number of carbonyl (C=O) groups is 1. The number of aromatic nitrogens is 3. The number of benzene rings is 1. The van der Waals surface area contributed by atoms with Gasteiger partial charge in [-0.15, -0.1) is 0 Å². The van der Waals surface area contributed by atoms with Gasteiger partial charge < -0.3 is 4.90 Å². The molecule has 0 radical (unpaired) electrons. The van der Waals surface area contributed by atoms with Crippen molar-refractivity contribution < 1.29 is 4.79 Å². The standard InChI is InChI=1S/C18H22N4O/c1-13-4-2-5-14(8-13)16-9-17(16)18(23)21-7-3-6-15(10-21)22-12-19-11-20-22/h2,4-5,8,11-12,15-17H,3,6-7,9-10H2,1H3. The molecule has 1 aromatic heterocycles. The molecule has 1 aliphatic carbocycles. The molecule has 5 heteroatoms. The fraction of sp³-hybridized carbons (Fsp3) is 0.500. The highest BCUT2D eigenvalue weighted by Gasteiger charge is 2.46. The van der Waals surface area contributed by atoms with E-state index in [0.717, 1.165) is 32.4 Å². The van der Waals surface area contributed by atoms with Gasteiger partial charge in [-0.05, 0) is 37.7 Å². The number of rotatable bonds is 3. The van der Waals surface area contributed by atoms with Crippen LogP contribution in [0, 0.1) is 12.8 Å². The van der Waals surface area contributed by atoms with Crippen LogP contribution in [0.5, 0.6) is 0 Å². The predicted octanol–water partition coefficient (Wildman–Crippen LogP) is 2.55. The number of aryl methyl sites for hydroxylation is 1. The van der Waals surface area contributed by atoms with Crippen LogP contribution in [0.1, 0.15) is 42.3 Å². The van der Waals surface area contributed by atoms with E-state index in [1.807, 2.05) is 9.58 Å². The van der Waals surface area contributed by atoms with Crippen molar-refractivity contribution in [2.24, 2.45) is 5.92 Å². The molecule has 0 bridgehead atoms. The summed E-state index contributed by atoms with van der Waals surface area (Å²) >= 11 is 0. The smallest absolute Gasteiger partial charge is 0.226 e. The average Bonchev–Trinajstić information content (AvgIpc) is 3.19. The summed E-state index contributed by atoms with van der Waals surface area (Å²) in [5.41, 5.74) is 2.58. The third-order valence-corrected chi connectivity index (χ3v) is 5.10. The molecule has 2 aliphatic rings. The minimum atomic E-state index is 0.172. The van der Waals surface area contributed by atoms with Crippen LogP contribution in [0.4, 0.5) is 0 Å². The van der Waals surface area contributed by atoms with Gasteiger partial charge in [0, 0.05) is 19.0 Å². The highest BCUT2D eigenvalue weighted by Crippen LogP contribution is 2.49. The summed E-state index contributed by atoms with van der Waals surface area (Å²) in [6.45, 7) is 3.75. The molecule has 1 saturated carbocycles. The van der Waals surface area contributed by atoms with Gasteiger partial charge >= 0.3 is 0 Å². The molecule has 0 spiro atoms. The van der Waals surface area contributed by atoms with Gasteiger partial charge in [0.25, 0.3) is 0 Å². The van der Waals surface area contributed by atoms with Crippen molar-refractivity contribution in [1.29, 1.82) is 0 Å². The summed E-state index contributed by atoms with van der Waals surface area (Å²) in [7, 11) is 0. The quantitative estimate of drug-likeness (QED) is 0.875. The summed E-state index contributed by atoms with van der Waals surface area (Å²) in [6.07, 6.45) is 6.42. The van der Waals surface area contributed by atoms with Crippen LogP contribution in [0.3, 0.4) is 0 Å². The lowest BCUT2D eigenvalue weighted by atomic mass is 10.0. The highest BCUT2D eigenvalue weighted by molar-refractivity contribution is 5.83. The molecule has 1 aliphatic heterocycles. The van der Waals surface area contributed by atoms with Crippen molar-refractivity contribution in [3.05, 3.63) is 48.0 Å². The predicted molar refractivity (Wildman–Crippen MR) is 86.9 cm³/mol. The SMILES string of the molecule is Cc1cccc(C2CC2C(=O)N2CCCC(n3cncn3)C2)c1. The third-order valence-electron chi connectivity index (χ3n) is 5.10. The number of nitrogens with zero attached hydrogens (tertiary/aromatic N) is 4. The topological polar surface area (TPSA) is 51.0 Å². The number of hydrogen-bond acceptors (Lipinski definition) is 3. The Morgan fingerprint density at radius 1 is 1.35 bits per heavy atom. The first-order chi connectivity index (χ1) is 11.2. The van der Waals surface area contributed by atoms with Gasteiger partial charge in [0.2, 0.25) is 5.91 Å². The van der Waals surface area contributed by atoms with Gasteiger partial charge in [-0.3, -0.25) is 4.79 Å². The zero-order chi connectivity index (χ0) is 15.8. The minimum Gasteiger partial charge on any atom is -0.340 e. The largest absolute Gasteiger partial charge is 0.340 e. The number of piperidine rings is 1. The van der Waals surface area contributed by atoms with E-state index in [4.69, 9.17) is 0 Å². The van der Waals surface area contributed by atoms with E-state index >= 15 is 0 Å². The molecule has 1 aromatic carbocycles. The maximum Gasteiger partial charge on any atom is 0.226 e. The van der Waals surface area contributed by atoms with Crippen LogP contribution in [0.25, 0.3) is 0 Å².